The minimum atomic E-state index is 0.642. The highest BCUT2D eigenvalue weighted by molar-refractivity contribution is 5.74. The summed E-state index contributed by atoms with van der Waals surface area (Å²) in [5, 5.41) is 0. The monoisotopic (exact) mass is 266 g/mol. The Morgan fingerprint density at radius 2 is 2.15 bits per heavy atom. The quantitative estimate of drug-likeness (QED) is 0.682. The maximum absolute atomic E-state index is 10.8. The lowest BCUT2D eigenvalue weighted by atomic mass is 10.1. The number of nitrogens with zero attached hydrogens (tertiary/aromatic N) is 2. The molecule has 0 saturated heterocycles. The number of pyridine rings is 1. The Labute approximate surface area is 116 Å². The summed E-state index contributed by atoms with van der Waals surface area (Å²) in [6.45, 7) is 0. The molecule has 0 spiro atoms. The summed E-state index contributed by atoms with van der Waals surface area (Å²) in [6.07, 6.45) is 5.29. The Balaban J connectivity index is 1.92. The van der Waals surface area contributed by atoms with Crippen molar-refractivity contribution in [1.29, 1.82) is 0 Å². The lowest BCUT2D eigenvalue weighted by molar-refractivity contribution is 0.112. The number of aldehydes is 1. The Morgan fingerprint density at radius 3 is 2.95 bits per heavy atom. The number of carbonyl (C=O) groups is 1. The summed E-state index contributed by atoms with van der Waals surface area (Å²) in [7, 11) is 1.66. The molecule has 100 valence electrons. The van der Waals surface area contributed by atoms with Gasteiger partial charge in [0, 0.05) is 24.4 Å². The van der Waals surface area contributed by atoms with Crippen LogP contribution >= 0.6 is 0 Å². The van der Waals surface area contributed by atoms with Crippen LogP contribution in [-0.2, 0) is 6.42 Å². The molecule has 3 aromatic rings. The predicted octanol–water partition coefficient (Wildman–Crippen LogP) is 2.75. The molecular formula is C16H14N2O2. The smallest absolute Gasteiger partial charge is 0.151 e. The molecule has 1 aromatic carbocycles. The Kier molecular flexibility index (Phi) is 3.21. The molecule has 2 aromatic heterocycles. The minimum absolute atomic E-state index is 0.642. The van der Waals surface area contributed by atoms with E-state index in [0.29, 0.717) is 5.56 Å². The number of aromatic nitrogens is 2. The number of hydrogen-bond donors (Lipinski definition) is 0. The van der Waals surface area contributed by atoms with Crippen LogP contribution in [-0.4, -0.2) is 22.8 Å². The second kappa shape index (κ2) is 5.17. The number of benzene rings is 1. The van der Waals surface area contributed by atoms with Crippen molar-refractivity contribution in [3.05, 3.63) is 65.6 Å². The van der Waals surface area contributed by atoms with Gasteiger partial charge in [-0.05, 0) is 29.8 Å². The highest BCUT2D eigenvalue weighted by Gasteiger charge is 2.04. The van der Waals surface area contributed by atoms with Crippen LogP contribution in [0.15, 0.2) is 48.8 Å². The fourth-order valence-corrected chi connectivity index (χ4v) is 2.21. The summed E-state index contributed by atoms with van der Waals surface area (Å²) in [4.78, 5) is 15.3. The third kappa shape index (κ3) is 2.40. The largest absolute Gasteiger partial charge is 0.497 e. The molecule has 0 bridgehead atoms. The van der Waals surface area contributed by atoms with Gasteiger partial charge in [-0.2, -0.15) is 0 Å². The third-order valence-electron chi connectivity index (χ3n) is 3.18. The molecule has 0 fully saturated rings. The van der Waals surface area contributed by atoms with Crippen molar-refractivity contribution in [2.75, 3.05) is 7.11 Å². The van der Waals surface area contributed by atoms with E-state index < -0.39 is 0 Å². The second-order valence-corrected chi connectivity index (χ2v) is 4.61. The average Bonchev–Trinajstić information content (AvgIpc) is 2.88. The highest BCUT2D eigenvalue weighted by atomic mass is 16.5. The van der Waals surface area contributed by atoms with Crippen molar-refractivity contribution in [2.45, 2.75) is 6.42 Å². The molecule has 4 heteroatoms. The molecule has 0 amide bonds. The van der Waals surface area contributed by atoms with Crippen LogP contribution in [0.25, 0.3) is 5.65 Å². The van der Waals surface area contributed by atoms with E-state index in [4.69, 9.17) is 4.74 Å². The molecule has 3 rings (SSSR count). The van der Waals surface area contributed by atoms with Crippen molar-refractivity contribution in [3.63, 3.8) is 0 Å². The molecule has 0 unspecified atom stereocenters. The van der Waals surface area contributed by atoms with Crippen molar-refractivity contribution < 1.29 is 9.53 Å². The van der Waals surface area contributed by atoms with Gasteiger partial charge in [0.05, 0.1) is 12.8 Å². The zero-order valence-electron chi connectivity index (χ0n) is 11.1. The lowest BCUT2D eigenvalue weighted by Gasteiger charge is -2.02. The van der Waals surface area contributed by atoms with E-state index in [-0.39, 0.29) is 0 Å². The van der Waals surface area contributed by atoms with E-state index in [1.54, 1.807) is 19.4 Å². The van der Waals surface area contributed by atoms with E-state index in [9.17, 15) is 4.79 Å². The summed E-state index contributed by atoms with van der Waals surface area (Å²) in [6, 6.07) is 11.5. The van der Waals surface area contributed by atoms with Gasteiger partial charge >= 0.3 is 0 Å². The number of carbonyl (C=O) groups excluding carboxylic acids is 1. The molecular weight excluding hydrogens is 252 g/mol. The van der Waals surface area contributed by atoms with Crippen LogP contribution in [0.3, 0.4) is 0 Å². The first-order valence-corrected chi connectivity index (χ1v) is 6.34. The highest BCUT2D eigenvalue weighted by Crippen LogP contribution is 2.16. The van der Waals surface area contributed by atoms with Crippen LogP contribution in [0.1, 0.15) is 21.6 Å². The molecule has 4 nitrogen and oxygen atoms in total. The molecule has 0 radical (unpaired) electrons. The minimum Gasteiger partial charge on any atom is -0.497 e. The van der Waals surface area contributed by atoms with Crippen LogP contribution in [0.2, 0.25) is 0 Å². The van der Waals surface area contributed by atoms with Gasteiger partial charge < -0.3 is 9.14 Å². The maximum atomic E-state index is 10.8. The molecule has 0 aliphatic heterocycles. The van der Waals surface area contributed by atoms with Crippen LogP contribution in [0.5, 0.6) is 5.75 Å². The molecule has 0 saturated carbocycles. The molecule has 20 heavy (non-hydrogen) atoms. The van der Waals surface area contributed by atoms with Gasteiger partial charge in [-0.1, -0.05) is 12.1 Å². The molecule has 0 N–H and O–H groups in total. The number of hydrogen-bond acceptors (Lipinski definition) is 3. The first-order valence-electron chi connectivity index (χ1n) is 6.34. The van der Waals surface area contributed by atoms with Gasteiger partial charge in [-0.15, -0.1) is 0 Å². The van der Waals surface area contributed by atoms with Gasteiger partial charge in [0.2, 0.25) is 0 Å². The van der Waals surface area contributed by atoms with Crippen LogP contribution < -0.4 is 4.74 Å². The van der Waals surface area contributed by atoms with Gasteiger partial charge in [0.15, 0.2) is 6.29 Å². The van der Waals surface area contributed by atoms with E-state index >= 15 is 0 Å². The average molecular weight is 266 g/mol. The normalized spacial score (nSPS) is 10.7. The van der Waals surface area contributed by atoms with E-state index in [1.165, 1.54) is 0 Å². The van der Waals surface area contributed by atoms with Crippen molar-refractivity contribution in [3.8, 4) is 5.75 Å². The number of rotatable bonds is 4. The summed E-state index contributed by atoms with van der Waals surface area (Å²) in [5.41, 5.74) is 3.58. The fraction of sp³-hybridized carbons (Fsp3) is 0.125. The Hall–Kier alpha value is -2.62. The zero-order valence-corrected chi connectivity index (χ0v) is 11.1. The number of imidazole rings is 1. The standard InChI is InChI=1S/C16H14N2O2/c1-20-15-4-2-3-12(8-15)7-14-10-18-9-13(11-19)5-6-16(18)17-14/h2-6,8-11H,7H2,1H3. The maximum Gasteiger partial charge on any atom is 0.151 e. The Bertz CT molecular complexity index is 762. The zero-order chi connectivity index (χ0) is 13.9. The molecule has 0 atom stereocenters. The van der Waals surface area contributed by atoms with Crippen molar-refractivity contribution in [1.82, 2.24) is 9.38 Å². The van der Waals surface area contributed by atoms with Crippen LogP contribution in [0.4, 0.5) is 0 Å². The van der Waals surface area contributed by atoms with Gasteiger partial charge in [-0.3, -0.25) is 4.79 Å². The van der Waals surface area contributed by atoms with E-state index in [1.807, 2.05) is 40.9 Å². The number of methoxy groups -OCH3 is 1. The van der Waals surface area contributed by atoms with Gasteiger partial charge in [-0.25, -0.2) is 4.98 Å². The SMILES string of the molecule is COc1cccc(Cc2cn3cc(C=O)ccc3n2)c1. The van der Waals surface area contributed by atoms with Gasteiger partial charge in [0.25, 0.3) is 0 Å². The first kappa shape index (κ1) is 12.4. The molecule has 0 aliphatic carbocycles. The molecule has 0 aliphatic rings. The Morgan fingerprint density at radius 1 is 1.25 bits per heavy atom. The summed E-state index contributed by atoms with van der Waals surface area (Å²) in [5.74, 6) is 0.842. The van der Waals surface area contributed by atoms with E-state index in [0.717, 1.165) is 35.4 Å². The van der Waals surface area contributed by atoms with Crippen molar-refractivity contribution >= 4 is 11.9 Å². The third-order valence-corrected chi connectivity index (χ3v) is 3.18. The van der Waals surface area contributed by atoms with E-state index in [2.05, 4.69) is 4.98 Å². The van der Waals surface area contributed by atoms with Gasteiger partial charge in [0.1, 0.15) is 11.4 Å². The second-order valence-electron chi connectivity index (χ2n) is 4.61. The number of ether oxygens (including phenoxy) is 1. The predicted molar refractivity (Wildman–Crippen MR) is 76.4 cm³/mol. The fourth-order valence-electron chi connectivity index (χ4n) is 2.21. The molecule has 2 heterocycles. The van der Waals surface area contributed by atoms with Crippen LogP contribution in [0, 0.1) is 0 Å². The van der Waals surface area contributed by atoms with Crippen molar-refractivity contribution in [2.24, 2.45) is 0 Å². The number of fused-ring (bicyclic) bond motifs is 1. The summed E-state index contributed by atoms with van der Waals surface area (Å²) < 4.78 is 7.09. The lowest BCUT2D eigenvalue weighted by Crippen LogP contribution is -1.89. The summed E-state index contributed by atoms with van der Waals surface area (Å²) >= 11 is 0. The topological polar surface area (TPSA) is 43.6 Å². The first-order chi connectivity index (χ1) is 9.78.